The van der Waals surface area contributed by atoms with E-state index >= 15 is 0 Å². The predicted octanol–water partition coefficient (Wildman–Crippen LogP) is 2.03. The largest absolute Gasteiger partial charge is 0.465 e. The summed E-state index contributed by atoms with van der Waals surface area (Å²) < 4.78 is 32.8. The molecule has 1 saturated carbocycles. The third-order valence-electron chi connectivity index (χ3n) is 4.19. The summed E-state index contributed by atoms with van der Waals surface area (Å²) >= 11 is 0. The maximum absolute atomic E-state index is 12.9. The minimum Gasteiger partial charge on any atom is -0.465 e. The lowest BCUT2D eigenvalue weighted by molar-refractivity contribution is 0.356. The minimum atomic E-state index is -3.51. The first-order valence-electron chi connectivity index (χ1n) is 7.02. The van der Waals surface area contributed by atoms with Crippen LogP contribution in [-0.4, -0.2) is 32.9 Å². The molecule has 20 heavy (non-hydrogen) atoms. The Morgan fingerprint density at radius 3 is 2.45 bits per heavy atom. The highest BCUT2D eigenvalue weighted by Gasteiger charge is 2.38. The van der Waals surface area contributed by atoms with Crippen LogP contribution in [0.5, 0.6) is 0 Å². The summed E-state index contributed by atoms with van der Waals surface area (Å²) in [6, 6.07) is 0.0389. The highest BCUT2D eigenvalue weighted by molar-refractivity contribution is 7.89. The van der Waals surface area contributed by atoms with Gasteiger partial charge in [-0.2, -0.15) is 4.31 Å². The van der Waals surface area contributed by atoms with E-state index in [-0.39, 0.29) is 6.04 Å². The van der Waals surface area contributed by atoms with Gasteiger partial charge in [0.1, 0.15) is 16.4 Å². The Bertz CT molecular complexity index is 588. The average molecular weight is 300 g/mol. The van der Waals surface area contributed by atoms with Crippen molar-refractivity contribution in [3.8, 4) is 0 Å². The van der Waals surface area contributed by atoms with Crippen molar-refractivity contribution in [1.29, 1.82) is 0 Å². The van der Waals surface area contributed by atoms with Gasteiger partial charge < -0.3 is 9.73 Å². The quantitative estimate of drug-likeness (QED) is 0.873. The Morgan fingerprint density at radius 1 is 1.35 bits per heavy atom. The zero-order valence-electron chi connectivity index (χ0n) is 12.9. The van der Waals surface area contributed by atoms with E-state index in [0.717, 1.165) is 18.4 Å². The maximum atomic E-state index is 12.9. The van der Waals surface area contributed by atoms with Crippen molar-refractivity contribution < 1.29 is 12.8 Å². The Hall–Kier alpha value is -0.850. The smallest absolute Gasteiger partial charge is 0.246 e. The molecule has 1 fully saturated rings. The number of furan rings is 1. The fraction of sp³-hybridized carbons (Fsp3) is 0.714. The molecule has 0 aliphatic heterocycles. The van der Waals surface area contributed by atoms with E-state index in [1.165, 1.54) is 4.31 Å². The van der Waals surface area contributed by atoms with Gasteiger partial charge in [0.2, 0.25) is 10.0 Å². The third kappa shape index (κ3) is 2.64. The highest BCUT2D eigenvalue weighted by Crippen LogP contribution is 2.37. The maximum Gasteiger partial charge on any atom is 0.246 e. The third-order valence-corrected chi connectivity index (χ3v) is 6.33. The van der Waals surface area contributed by atoms with Crippen molar-refractivity contribution in [2.45, 2.75) is 51.1 Å². The number of aryl methyl sites for hydroxylation is 2. The molecule has 1 aliphatic carbocycles. The molecule has 0 saturated heterocycles. The van der Waals surface area contributed by atoms with Gasteiger partial charge in [-0.3, -0.25) is 0 Å². The molecule has 0 amide bonds. The summed E-state index contributed by atoms with van der Waals surface area (Å²) in [5, 5.41) is 3.01. The number of nitrogens with one attached hydrogen (secondary N) is 1. The molecule has 1 heterocycles. The monoisotopic (exact) mass is 300 g/mol. The average Bonchev–Trinajstić information content (AvgIpc) is 3.16. The molecule has 114 valence electrons. The van der Waals surface area contributed by atoms with Crippen LogP contribution in [0.25, 0.3) is 0 Å². The first-order valence-corrected chi connectivity index (χ1v) is 8.46. The second-order valence-electron chi connectivity index (χ2n) is 5.65. The summed E-state index contributed by atoms with van der Waals surface area (Å²) in [6.45, 7) is 6.00. The van der Waals surface area contributed by atoms with Gasteiger partial charge >= 0.3 is 0 Å². The molecule has 1 aromatic rings. The zero-order chi connectivity index (χ0) is 15.1. The molecular weight excluding hydrogens is 276 g/mol. The number of sulfonamides is 1. The second kappa shape index (κ2) is 5.50. The molecule has 0 bridgehead atoms. The van der Waals surface area contributed by atoms with Crippen LogP contribution in [0.1, 0.15) is 36.8 Å². The number of hydrogen-bond acceptors (Lipinski definition) is 4. The fourth-order valence-corrected chi connectivity index (χ4v) is 4.50. The van der Waals surface area contributed by atoms with Crippen molar-refractivity contribution in [1.82, 2.24) is 9.62 Å². The predicted molar refractivity (Wildman–Crippen MR) is 78.1 cm³/mol. The summed E-state index contributed by atoms with van der Waals surface area (Å²) in [4.78, 5) is 0.333. The van der Waals surface area contributed by atoms with E-state index in [1.54, 1.807) is 21.0 Å². The van der Waals surface area contributed by atoms with Crippen LogP contribution in [0.4, 0.5) is 0 Å². The highest BCUT2D eigenvalue weighted by atomic mass is 32.2. The zero-order valence-corrected chi connectivity index (χ0v) is 13.7. The first-order chi connectivity index (χ1) is 9.30. The summed E-state index contributed by atoms with van der Waals surface area (Å²) in [5.41, 5.74) is 0.736. The standard InChI is InChI=1S/C14H24N2O3S/c1-9(12-6-7-12)16(5)20(17,18)14-11(3)19-10(2)13(14)8-15-4/h9,12,15H,6-8H2,1-5H3. The summed E-state index contributed by atoms with van der Waals surface area (Å²) in [5.74, 6) is 1.64. The second-order valence-corrected chi connectivity index (χ2v) is 7.59. The van der Waals surface area contributed by atoms with Gasteiger partial charge in [0.25, 0.3) is 0 Å². The SMILES string of the molecule is CNCc1c(C)oc(C)c1S(=O)(=O)N(C)C(C)C1CC1. The minimum absolute atomic E-state index is 0.0389. The van der Waals surface area contributed by atoms with Crippen LogP contribution in [0.15, 0.2) is 9.31 Å². The molecule has 0 radical (unpaired) electrons. The molecule has 5 nitrogen and oxygen atoms in total. The summed E-state index contributed by atoms with van der Waals surface area (Å²) in [6.07, 6.45) is 2.24. The van der Waals surface area contributed by atoms with Crippen molar-refractivity contribution in [3.63, 3.8) is 0 Å². The molecule has 1 aliphatic rings. The Morgan fingerprint density at radius 2 is 1.95 bits per heavy atom. The van der Waals surface area contributed by atoms with Gasteiger partial charge in [0.15, 0.2) is 0 Å². The van der Waals surface area contributed by atoms with E-state index < -0.39 is 10.0 Å². The molecule has 2 rings (SSSR count). The van der Waals surface area contributed by atoms with Crippen LogP contribution < -0.4 is 5.32 Å². The van der Waals surface area contributed by atoms with E-state index in [1.807, 2.05) is 13.8 Å². The molecule has 1 aromatic heterocycles. The number of nitrogens with zero attached hydrogens (tertiary/aromatic N) is 1. The normalized spacial score (nSPS) is 17.7. The lowest BCUT2D eigenvalue weighted by atomic mass is 10.2. The van der Waals surface area contributed by atoms with Crippen molar-refractivity contribution in [3.05, 3.63) is 17.1 Å². The summed E-state index contributed by atoms with van der Waals surface area (Å²) in [7, 11) is -0.0361. The molecule has 1 unspecified atom stereocenters. The van der Waals surface area contributed by atoms with Crippen LogP contribution in [0.2, 0.25) is 0 Å². The van der Waals surface area contributed by atoms with Gasteiger partial charge in [0, 0.05) is 25.2 Å². The van der Waals surface area contributed by atoms with Gasteiger partial charge in [-0.15, -0.1) is 0 Å². The van der Waals surface area contributed by atoms with E-state index in [4.69, 9.17) is 4.42 Å². The van der Waals surface area contributed by atoms with Crippen LogP contribution in [0, 0.1) is 19.8 Å². The Balaban J connectivity index is 2.42. The molecule has 0 spiro atoms. The van der Waals surface area contributed by atoms with E-state index in [0.29, 0.717) is 28.9 Å². The van der Waals surface area contributed by atoms with E-state index in [2.05, 4.69) is 5.32 Å². The van der Waals surface area contributed by atoms with Crippen molar-refractivity contribution >= 4 is 10.0 Å². The molecule has 6 heteroatoms. The first kappa shape index (κ1) is 15.5. The Labute approximate surface area is 121 Å². The van der Waals surface area contributed by atoms with Gasteiger partial charge in [-0.1, -0.05) is 0 Å². The molecule has 0 aromatic carbocycles. The fourth-order valence-electron chi connectivity index (χ4n) is 2.67. The van der Waals surface area contributed by atoms with Gasteiger partial charge in [-0.25, -0.2) is 8.42 Å². The van der Waals surface area contributed by atoms with Crippen LogP contribution in [-0.2, 0) is 16.6 Å². The molecule has 1 atom stereocenters. The van der Waals surface area contributed by atoms with Gasteiger partial charge in [0.05, 0.1) is 0 Å². The topological polar surface area (TPSA) is 62.6 Å². The molecular formula is C14H24N2O3S. The van der Waals surface area contributed by atoms with Gasteiger partial charge in [-0.05, 0) is 46.6 Å². The van der Waals surface area contributed by atoms with Crippen molar-refractivity contribution in [2.24, 2.45) is 5.92 Å². The van der Waals surface area contributed by atoms with Crippen LogP contribution in [0.3, 0.4) is 0 Å². The molecule has 1 N–H and O–H groups in total. The number of hydrogen-bond donors (Lipinski definition) is 1. The lowest BCUT2D eigenvalue weighted by Crippen LogP contribution is -2.37. The van der Waals surface area contributed by atoms with Crippen molar-refractivity contribution in [2.75, 3.05) is 14.1 Å². The van der Waals surface area contributed by atoms with Crippen LogP contribution >= 0.6 is 0 Å². The Kier molecular flexibility index (Phi) is 4.27. The number of rotatable bonds is 6. The lowest BCUT2D eigenvalue weighted by Gasteiger charge is -2.24. The van der Waals surface area contributed by atoms with E-state index in [9.17, 15) is 8.42 Å².